The van der Waals surface area contributed by atoms with Gasteiger partial charge in [-0.2, -0.15) is 5.26 Å². The van der Waals surface area contributed by atoms with Gasteiger partial charge in [0.2, 0.25) is 0 Å². The Kier molecular flexibility index (Phi) is 4.41. The lowest BCUT2D eigenvalue weighted by Gasteiger charge is -2.22. The lowest BCUT2D eigenvalue weighted by Crippen LogP contribution is -2.30. The SMILES string of the molecule is N#Cc1cc(OCC2CCNCC2)ccc1Br. The second-order valence-electron chi connectivity index (χ2n) is 4.26. The predicted molar refractivity (Wildman–Crippen MR) is 69.9 cm³/mol. The number of ether oxygens (including phenoxy) is 1. The Morgan fingerprint density at radius 1 is 1.41 bits per heavy atom. The highest BCUT2D eigenvalue weighted by atomic mass is 79.9. The van der Waals surface area contributed by atoms with Gasteiger partial charge in [0.15, 0.2) is 0 Å². The molecular formula is C13H15BrN2O. The van der Waals surface area contributed by atoms with Crippen LogP contribution >= 0.6 is 15.9 Å². The zero-order chi connectivity index (χ0) is 12.1. The number of piperidine rings is 1. The van der Waals surface area contributed by atoms with Crippen LogP contribution in [-0.4, -0.2) is 19.7 Å². The summed E-state index contributed by atoms with van der Waals surface area (Å²) >= 11 is 3.33. The highest BCUT2D eigenvalue weighted by Crippen LogP contribution is 2.23. The molecule has 0 unspecified atom stereocenters. The topological polar surface area (TPSA) is 45.0 Å². The third-order valence-corrected chi connectivity index (χ3v) is 3.69. The first kappa shape index (κ1) is 12.4. The number of hydrogen-bond donors (Lipinski definition) is 1. The van der Waals surface area contributed by atoms with Crippen LogP contribution in [0.4, 0.5) is 0 Å². The second-order valence-corrected chi connectivity index (χ2v) is 5.11. The molecule has 3 nitrogen and oxygen atoms in total. The monoisotopic (exact) mass is 294 g/mol. The van der Waals surface area contributed by atoms with Gasteiger partial charge < -0.3 is 10.1 Å². The normalized spacial score (nSPS) is 16.5. The summed E-state index contributed by atoms with van der Waals surface area (Å²) in [6.45, 7) is 2.91. The van der Waals surface area contributed by atoms with Gasteiger partial charge in [-0.25, -0.2) is 0 Å². The summed E-state index contributed by atoms with van der Waals surface area (Å²) in [4.78, 5) is 0. The maximum Gasteiger partial charge on any atom is 0.120 e. The van der Waals surface area contributed by atoms with Crippen LogP contribution in [0.3, 0.4) is 0 Å². The van der Waals surface area contributed by atoms with Crippen molar-refractivity contribution in [3.05, 3.63) is 28.2 Å². The summed E-state index contributed by atoms with van der Waals surface area (Å²) in [5.41, 5.74) is 0.618. The molecule has 4 heteroatoms. The molecule has 2 rings (SSSR count). The van der Waals surface area contributed by atoms with Gasteiger partial charge in [0.25, 0.3) is 0 Å². The standard InChI is InChI=1S/C13H15BrN2O/c14-13-2-1-12(7-11(13)8-15)17-9-10-3-5-16-6-4-10/h1-2,7,10,16H,3-6,9H2. The van der Waals surface area contributed by atoms with Crippen molar-refractivity contribution >= 4 is 15.9 Å². The summed E-state index contributed by atoms with van der Waals surface area (Å²) in [6.07, 6.45) is 2.34. The molecule has 0 aliphatic carbocycles. The number of nitriles is 1. The highest BCUT2D eigenvalue weighted by Gasteiger charge is 2.13. The molecule has 1 fully saturated rings. The molecule has 1 N–H and O–H groups in total. The molecule has 0 amide bonds. The fourth-order valence-corrected chi connectivity index (χ4v) is 2.28. The molecule has 17 heavy (non-hydrogen) atoms. The summed E-state index contributed by atoms with van der Waals surface area (Å²) < 4.78 is 6.56. The fraction of sp³-hybridized carbons (Fsp3) is 0.462. The third kappa shape index (κ3) is 3.45. The first-order valence-electron chi connectivity index (χ1n) is 5.83. The van der Waals surface area contributed by atoms with Crippen molar-refractivity contribution in [3.63, 3.8) is 0 Å². The van der Waals surface area contributed by atoms with Crippen LogP contribution in [-0.2, 0) is 0 Å². The smallest absolute Gasteiger partial charge is 0.120 e. The molecule has 0 atom stereocenters. The van der Waals surface area contributed by atoms with Crippen molar-refractivity contribution < 1.29 is 4.74 Å². The van der Waals surface area contributed by atoms with Gasteiger partial charge in [0.05, 0.1) is 12.2 Å². The minimum Gasteiger partial charge on any atom is -0.493 e. The van der Waals surface area contributed by atoms with Crippen LogP contribution in [0, 0.1) is 17.2 Å². The molecule has 1 saturated heterocycles. The number of nitrogens with one attached hydrogen (secondary N) is 1. The maximum atomic E-state index is 8.92. The minimum absolute atomic E-state index is 0.618. The van der Waals surface area contributed by atoms with E-state index < -0.39 is 0 Å². The molecule has 0 bridgehead atoms. The average molecular weight is 295 g/mol. The van der Waals surface area contributed by atoms with E-state index in [1.807, 2.05) is 12.1 Å². The summed E-state index contributed by atoms with van der Waals surface area (Å²) in [5.74, 6) is 1.41. The number of halogens is 1. The number of nitrogens with zero attached hydrogens (tertiary/aromatic N) is 1. The van der Waals surface area contributed by atoms with E-state index in [2.05, 4.69) is 27.3 Å². The lowest BCUT2D eigenvalue weighted by molar-refractivity contribution is 0.215. The maximum absolute atomic E-state index is 8.92. The Balaban J connectivity index is 1.92. The Morgan fingerprint density at radius 2 is 2.18 bits per heavy atom. The minimum atomic E-state index is 0.618. The van der Waals surface area contributed by atoms with Gasteiger partial charge in [0.1, 0.15) is 11.8 Å². The van der Waals surface area contributed by atoms with Crippen LogP contribution in [0.15, 0.2) is 22.7 Å². The molecule has 0 spiro atoms. The summed E-state index contributed by atoms with van der Waals surface area (Å²) in [6, 6.07) is 7.67. The second kappa shape index (κ2) is 6.04. The Labute approximate surface area is 110 Å². The quantitative estimate of drug-likeness (QED) is 0.932. The van der Waals surface area contributed by atoms with E-state index in [4.69, 9.17) is 10.00 Å². The molecular weight excluding hydrogens is 280 g/mol. The Hall–Kier alpha value is -1.05. The number of rotatable bonds is 3. The van der Waals surface area contributed by atoms with E-state index in [0.29, 0.717) is 11.5 Å². The van der Waals surface area contributed by atoms with E-state index in [1.165, 1.54) is 12.8 Å². The zero-order valence-electron chi connectivity index (χ0n) is 9.58. The zero-order valence-corrected chi connectivity index (χ0v) is 11.2. The van der Waals surface area contributed by atoms with Gasteiger partial charge in [-0.15, -0.1) is 0 Å². The molecule has 1 aliphatic rings. The van der Waals surface area contributed by atoms with Gasteiger partial charge in [-0.3, -0.25) is 0 Å². The predicted octanol–water partition coefficient (Wildman–Crippen LogP) is 2.70. The van der Waals surface area contributed by atoms with Gasteiger partial charge in [0, 0.05) is 4.47 Å². The van der Waals surface area contributed by atoms with Crippen molar-refractivity contribution in [2.24, 2.45) is 5.92 Å². The third-order valence-electron chi connectivity index (χ3n) is 3.00. The van der Waals surface area contributed by atoms with E-state index >= 15 is 0 Å². The van der Waals surface area contributed by atoms with Crippen LogP contribution < -0.4 is 10.1 Å². The fourth-order valence-electron chi connectivity index (χ4n) is 1.94. The number of benzene rings is 1. The van der Waals surface area contributed by atoms with Crippen molar-refractivity contribution in [2.75, 3.05) is 19.7 Å². The van der Waals surface area contributed by atoms with Crippen LogP contribution in [0.2, 0.25) is 0 Å². The van der Waals surface area contributed by atoms with Crippen molar-refractivity contribution in [2.45, 2.75) is 12.8 Å². The first-order valence-corrected chi connectivity index (χ1v) is 6.62. The van der Waals surface area contributed by atoms with Crippen LogP contribution in [0.25, 0.3) is 0 Å². The van der Waals surface area contributed by atoms with E-state index in [1.54, 1.807) is 6.07 Å². The molecule has 90 valence electrons. The van der Waals surface area contributed by atoms with E-state index in [-0.39, 0.29) is 0 Å². The van der Waals surface area contributed by atoms with Gasteiger partial charge in [-0.1, -0.05) is 0 Å². The van der Waals surface area contributed by atoms with Crippen LogP contribution in [0.1, 0.15) is 18.4 Å². The molecule has 0 radical (unpaired) electrons. The van der Waals surface area contributed by atoms with Gasteiger partial charge in [-0.05, 0) is 66.0 Å². The summed E-state index contributed by atoms with van der Waals surface area (Å²) in [5, 5.41) is 12.2. The molecule has 1 aliphatic heterocycles. The van der Waals surface area contributed by atoms with Crippen LogP contribution in [0.5, 0.6) is 5.75 Å². The molecule has 1 aromatic carbocycles. The molecule has 1 heterocycles. The van der Waals surface area contributed by atoms with Gasteiger partial charge >= 0.3 is 0 Å². The van der Waals surface area contributed by atoms with Crippen molar-refractivity contribution in [1.29, 1.82) is 5.26 Å². The lowest BCUT2D eigenvalue weighted by atomic mass is 9.99. The first-order chi connectivity index (χ1) is 8.29. The number of hydrogen-bond acceptors (Lipinski definition) is 3. The molecule has 1 aromatic rings. The Morgan fingerprint density at radius 3 is 2.88 bits per heavy atom. The van der Waals surface area contributed by atoms with E-state index in [9.17, 15) is 0 Å². The van der Waals surface area contributed by atoms with Crippen molar-refractivity contribution in [1.82, 2.24) is 5.32 Å². The largest absolute Gasteiger partial charge is 0.493 e. The molecule has 0 aromatic heterocycles. The van der Waals surface area contributed by atoms with E-state index in [0.717, 1.165) is 29.9 Å². The highest BCUT2D eigenvalue weighted by molar-refractivity contribution is 9.10. The Bertz CT molecular complexity index is 422. The summed E-state index contributed by atoms with van der Waals surface area (Å²) in [7, 11) is 0. The average Bonchev–Trinajstić information content (AvgIpc) is 2.39. The molecule has 0 saturated carbocycles. The van der Waals surface area contributed by atoms with Crippen molar-refractivity contribution in [3.8, 4) is 11.8 Å².